The van der Waals surface area contributed by atoms with Crippen molar-refractivity contribution >= 4 is 17.5 Å². The number of carbonyl (C=O) groups excluding carboxylic acids is 2. The normalized spacial score (nSPS) is 14.2. The molecule has 0 aliphatic heterocycles. The Balaban J connectivity index is 2.68. The average Bonchev–Trinajstić information content (AvgIpc) is 2.56. The zero-order valence-corrected chi connectivity index (χ0v) is 16.5. The number of carbonyl (C=O) groups is 2. The van der Waals surface area contributed by atoms with Crippen molar-refractivity contribution in [3.8, 4) is 6.07 Å². The number of anilines is 1. The van der Waals surface area contributed by atoms with Gasteiger partial charge < -0.3 is 15.5 Å². The summed E-state index contributed by atoms with van der Waals surface area (Å²) in [5, 5.41) is 15.1. The molecule has 0 saturated heterocycles. The summed E-state index contributed by atoms with van der Waals surface area (Å²) in [6.45, 7) is 10.6. The molecule has 0 heterocycles. The molecule has 6 nitrogen and oxygen atoms in total. The van der Waals surface area contributed by atoms with E-state index in [1.807, 2.05) is 52.0 Å². The van der Waals surface area contributed by atoms with Gasteiger partial charge in [-0.1, -0.05) is 39.0 Å². The third-order valence-corrected chi connectivity index (χ3v) is 4.63. The lowest BCUT2D eigenvalue weighted by Crippen LogP contribution is -3.14. The lowest BCUT2D eigenvalue weighted by atomic mass is 9.90. The molecule has 0 radical (unpaired) electrons. The van der Waals surface area contributed by atoms with E-state index in [1.165, 1.54) is 0 Å². The number of amides is 2. The Labute approximate surface area is 156 Å². The maximum absolute atomic E-state index is 12.4. The first kappa shape index (κ1) is 21.7. The van der Waals surface area contributed by atoms with Crippen LogP contribution in [0.3, 0.4) is 0 Å². The standard InChI is InChI=1S/C20H30N4O2/c1-6-11-24(13-19(26)23-20(5,14-21)15(2)3)12-18(25)22-17-10-8-7-9-16(17)4/h7-10,15H,6,11-13H2,1-5H3,(H,22,25)(H,23,26)/p+1/t20-/m1/s1. The van der Waals surface area contributed by atoms with Gasteiger partial charge in [-0.05, 0) is 37.8 Å². The highest BCUT2D eigenvalue weighted by atomic mass is 16.2. The van der Waals surface area contributed by atoms with Gasteiger partial charge in [0, 0.05) is 5.69 Å². The highest BCUT2D eigenvalue weighted by Crippen LogP contribution is 2.14. The molecule has 1 aromatic rings. The molecule has 142 valence electrons. The average molecular weight is 359 g/mol. The minimum absolute atomic E-state index is 0.00423. The summed E-state index contributed by atoms with van der Waals surface area (Å²) in [4.78, 5) is 25.6. The summed E-state index contributed by atoms with van der Waals surface area (Å²) < 4.78 is 0. The largest absolute Gasteiger partial charge is 0.333 e. The second kappa shape index (κ2) is 9.93. The van der Waals surface area contributed by atoms with Crippen LogP contribution in [0, 0.1) is 24.2 Å². The number of hydrogen-bond acceptors (Lipinski definition) is 3. The van der Waals surface area contributed by atoms with E-state index in [1.54, 1.807) is 6.92 Å². The molecule has 1 aromatic carbocycles. The first-order chi connectivity index (χ1) is 12.2. The minimum Gasteiger partial charge on any atom is -0.333 e. The zero-order chi connectivity index (χ0) is 19.7. The Kier molecular flexibility index (Phi) is 8.27. The molecule has 1 unspecified atom stereocenters. The van der Waals surface area contributed by atoms with Gasteiger partial charge in [0.15, 0.2) is 13.1 Å². The Bertz CT molecular complexity index is 666. The number of nitrogens with zero attached hydrogens (tertiary/aromatic N) is 1. The van der Waals surface area contributed by atoms with Crippen LogP contribution in [0.2, 0.25) is 0 Å². The Morgan fingerprint density at radius 2 is 1.85 bits per heavy atom. The first-order valence-corrected chi connectivity index (χ1v) is 9.13. The minimum atomic E-state index is -0.905. The summed E-state index contributed by atoms with van der Waals surface area (Å²) in [5.74, 6) is -0.340. The highest BCUT2D eigenvalue weighted by Gasteiger charge is 2.31. The predicted octanol–water partition coefficient (Wildman–Crippen LogP) is 1.28. The molecule has 0 spiro atoms. The monoisotopic (exact) mass is 359 g/mol. The molecule has 0 aromatic heterocycles. The van der Waals surface area contributed by atoms with E-state index in [0.717, 1.165) is 22.6 Å². The molecule has 2 amide bonds. The van der Waals surface area contributed by atoms with Crippen LogP contribution in [-0.2, 0) is 9.59 Å². The molecule has 0 bridgehead atoms. The topological polar surface area (TPSA) is 86.4 Å². The van der Waals surface area contributed by atoms with Crippen LogP contribution < -0.4 is 15.5 Å². The van der Waals surface area contributed by atoms with Crippen molar-refractivity contribution in [1.82, 2.24) is 5.32 Å². The molecular weight excluding hydrogens is 328 g/mol. The summed E-state index contributed by atoms with van der Waals surface area (Å²) in [6, 6.07) is 9.77. The molecule has 26 heavy (non-hydrogen) atoms. The van der Waals surface area contributed by atoms with Gasteiger partial charge in [-0.15, -0.1) is 0 Å². The maximum Gasteiger partial charge on any atom is 0.279 e. The molecule has 0 saturated carbocycles. The van der Waals surface area contributed by atoms with Crippen molar-refractivity contribution < 1.29 is 14.5 Å². The van der Waals surface area contributed by atoms with Crippen molar-refractivity contribution in [2.45, 2.75) is 46.6 Å². The van der Waals surface area contributed by atoms with Gasteiger partial charge in [0.05, 0.1) is 12.6 Å². The van der Waals surface area contributed by atoms with Gasteiger partial charge in [0.25, 0.3) is 11.8 Å². The predicted molar refractivity (Wildman–Crippen MR) is 103 cm³/mol. The van der Waals surface area contributed by atoms with Crippen LogP contribution in [-0.4, -0.2) is 37.0 Å². The van der Waals surface area contributed by atoms with E-state index in [-0.39, 0.29) is 30.8 Å². The number of aryl methyl sites for hydroxylation is 1. The van der Waals surface area contributed by atoms with Crippen LogP contribution in [0.15, 0.2) is 24.3 Å². The zero-order valence-electron chi connectivity index (χ0n) is 16.5. The smallest absolute Gasteiger partial charge is 0.279 e. The van der Waals surface area contributed by atoms with E-state index in [0.29, 0.717) is 6.54 Å². The van der Waals surface area contributed by atoms with Crippen LogP contribution in [0.25, 0.3) is 0 Å². The SMILES string of the molecule is CCC[NH+](CC(=O)Nc1ccccc1C)CC(=O)N[C@](C)(C#N)C(C)C. The number of rotatable bonds is 9. The number of para-hydroxylation sites is 1. The van der Waals surface area contributed by atoms with Crippen molar-refractivity contribution in [3.05, 3.63) is 29.8 Å². The Morgan fingerprint density at radius 3 is 2.38 bits per heavy atom. The molecule has 3 N–H and O–H groups in total. The molecule has 1 rings (SSSR count). The van der Waals surface area contributed by atoms with Gasteiger partial charge in [-0.3, -0.25) is 9.59 Å². The number of hydrogen-bond donors (Lipinski definition) is 3. The van der Waals surface area contributed by atoms with Crippen molar-refractivity contribution in [1.29, 1.82) is 5.26 Å². The lowest BCUT2D eigenvalue weighted by molar-refractivity contribution is -0.883. The first-order valence-electron chi connectivity index (χ1n) is 9.13. The molecule has 0 fully saturated rings. The summed E-state index contributed by atoms with van der Waals surface area (Å²) in [5.41, 5.74) is 0.879. The van der Waals surface area contributed by atoms with E-state index in [2.05, 4.69) is 16.7 Å². The van der Waals surface area contributed by atoms with Gasteiger partial charge in [-0.25, -0.2) is 0 Å². The third-order valence-electron chi connectivity index (χ3n) is 4.63. The number of nitrogens with one attached hydrogen (secondary N) is 3. The van der Waals surface area contributed by atoms with Crippen molar-refractivity contribution in [2.24, 2.45) is 5.92 Å². The van der Waals surface area contributed by atoms with E-state index >= 15 is 0 Å². The summed E-state index contributed by atoms with van der Waals surface area (Å²) >= 11 is 0. The molecule has 0 aliphatic rings. The molecule has 0 aliphatic carbocycles. The van der Waals surface area contributed by atoms with Crippen LogP contribution in [0.1, 0.15) is 39.7 Å². The van der Waals surface area contributed by atoms with Gasteiger partial charge in [-0.2, -0.15) is 5.26 Å². The number of benzene rings is 1. The number of nitriles is 1. The third kappa shape index (κ3) is 6.49. The Morgan fingerprint density at radius 1 is 1.23 bits per heavy atom. The summed E-state index contributed by atoms with van der Waals surface area (Å²) in [6.07, 6.45) is 0.861. The van der Waals surface area contributed by atoms with Gasteiger partial charge in [0.1, 0.15) is 5.54 Å². The summed E-state index contributed by atoms with van der Waals surface area (Å²) in [7, 11) is 0. The second-order valence-electron chi connectivity index (χ2n) is 7.23. The van der Waals surface area contributed by atoms with Crippen LogP contribution >= 0.6 is 0 Å². The van der Waals surface area contributed by atoms with Crippen molar-refractivity contribution in [2.75, 3.05) is 25.0 Å². The fourth-order valence-electron chi connectivity index (χ4n) is 2.59. The van der Waals surface area contributed by atoms with Gasteiger partial charge in [0.2, 0.25) is 0 Å². The van der Waals surface area contributed by atoms with E-state index in [9.17, 15) is 14.9 Å². The fourth-order valence-corrected chi connectivity index (χ4v) is 2.59. The van der Waals surface area contributed by atoms with Crippen LogP contribution in [0.5, 0.6) is 0 Å². The molecule has 6 heteroatoms. The lowest BCUT2D eigenvalue weighted by Gasteiger charge is -2.28. The van der Waals surface area contributed by atoms with Gasteiger partial charge >= 0.3 is 0 Å². The van der Waals surface area contributed by atoms with Crippen molar-refractivity contribution in [3.63, 3.8) is 0 Å². The maximum atomic E-state index is 12.4. The fraction of sp³-hybridized carbons (Fsp3) is 0.550. The molecule has 2 atom stereocenters. The van der Waals surface area contributed by atoms with Crippen LogP contribution in [0.4, 0.5) is 5.69 Å². The molecular formula is C20H31N4O2+. The van der Waals surface area contributed by atoms with E-state index < -0.39 is 5.54 Å². The number of quaternary nitrogens is 1. The second-order valence-corrected chi connectivity index (χ2v) is 7.23. The van der Waals surface area contributed by atoms with E-state index in [4.69, 9.17) is 0 Å². The quantitative estimate of drug-likeness (QED) is 0.621. The Hall–Kier alpha value is -2.39. The highest BCUT2D eigenvalue weighted by molar-refractivity contribution is 5.92.